The molecule has 1 heterocycles. The summed E-state index contributed by atoms with van der Waals surface area (Å²) in [6.07, 6.45) is 0. The van der Waals surface area contributed by atoms with E-state index < -0.39 is 4.92 Å². The molecule has 0 saturated carbocycles. The molecule has 1 saturated heterocycles. The number of nitro groups is 1. The highest BCUT2D eigenvalue weighted by atomic mass is 16.6. The Morgan fingerprint density at radius 1 is 0.914 bits per heavy atom. The molecule has 1 aliphatic rings. The number of amides is 1. The number of piperazine rings is 1. The van der Waals surface area contributed by atoms with Gasteiger partial charge in [-0.1, -0.05) is 60.7 Å². The topological polar surface area (TPSA) is 90.8 Å². The summed E-state index contributed by atoms with van der Waals surface area (Å²) in [5, 5.41) is 17.6. The van der Waals surface area contributed by atoms with Crippen LogP contribution in [0.5, 0.6) is 0 Å². The summed E-state index contributed by atoms with van der Waals surface area (Å²) in [6, 6.07) is 25.7. The van der Waals surface area contributed by atoms with Gasteiger partial charge in [0.15, 0.2) is 0 Å². The first-order chi connectivity index (χ1) is 17.1. The minimum Gasteiger partial charge on any atom is -0.363 e. The van der Waals surface area contributed by atoms with Crippen molar-refractivity contribution in [3.63, 3.8) is 0 Å². The molecular weight excluding hydrogens is 442 g/mol. The Balaban J connectivity index is 1.51. The molecule has 0 radical (unpaired) electrons. The fourth-order valence-electron chi connectivity index (χ4n) is 4.59. The van der Waals surface area contributed by atoms with E-state index in [0.717, 1.165) is 13.1 Å². The van der Waals surface area contributed by atoms with E-state index in [2.05, 4.69) is 64.1 Å². The molecule has 0 bridgehead atoms. The molecule has 1 amide bonds. The van der Waals surface area contributed by atoms with Gasteiger partial charge in [0, 0.05) is 50.9 Å². The van der Waals surface area contributed by atoms with Crippen molar-refractivity contribution >= 4 is 17.3 Å². The van der Waals surface area contributed by atoms with Gasteiger partial charge in [0.25, 0.3) is 11.6 Å². The summed E-state index contributed by atoms with van der Waals surface area (Å²) in [6.45, 7) is 3.92. The van der Waals surface area contributed by atoms with Gasteiger partial charge in [-0.2, -0.15) is 0 Å². The second-order valence-corrected chi connectivity index (χ2v) is 8.57. The minimum absolute atomic E-state index is 0.0395. The summed E-state index contributed by atoms with van der Waals surface area (Å²) in [5.41, 5.74) is 3.27. The predicted octanol–water partition coefficient (Wildman–Crippen LogP) is 3.46. The van der Waals surface area contributed by atoms with Crippen LogP contribution >= 0.6 is 0 Å². The molecular formula is C27H31N5O3. The number of anilines is 1. The fourth-order valence-corrected chi connectivity index (χ4v) is 4.59. The van der Waals surface area contributed by atoms with Crippen molar-refractivity contribution in [2.24, 2.45) is 0 Å². The van der Waals surface area contributed by atoms with Crippen LogP contribution in [-0.2, 0) is 0 Å². The van der Waals surface area contributed by atoms with E-state index >= 15 is 0 Å². The first kappa shape index (κ1) is 24.4. The quantitative estimate of drug-likeness (QED) is 0.281. The zero-order chi connectivity index (χ0) is 24.6. The van der Waals surface area contributed by atoms with Crippen molar-refractivity contribution in [3.05, 3.63) is 106 Å². The van der Waals surface area contributed by atoms with Crippen LogP contribution in [0.3, 0.4) is 0 Å². The highest BCUT2D eigenvalue weighted by Crippen LogP contribution is 2.33. The molecule has 4 rings (SSSR count). The number of nitro benzene ring substituents is 1. The summed E-state index contributed by atoms with van der Waals surface area (Å²) >= 11 is 0. The van der Waals surface area contributed by atoms with Crippen LogP contribution < -0.4 is 15.5 Å². The van der Waals surface area contributed by atoms with E-state index in [1.165, 1.54) is 17.2 Å². The van der Waals surface area contributed by atoms with Crippen molar-refractivity contribution in [2.75, 3.05) is 51.2 Å². The lowest BCUT2D eigenvalue weighted by Gasteiger charge is -2.40. The molecule has 2 N–H and O–H groups in total. The van der Waals surface area contributed by atoms with Crippen LogP contribution in [0.15, 0.2) is 78.9 Å². The summed E-state index contributed by atoms with van der Waals surface area (Å²) < 4.78 is 0. The van der Waals surface area contributed by atoms with E-state index in [-0.39, 0.29) is 17.6 Å². The van der Waals surface area contributed by atoms with Gasteiger partial charge in [0.1, 0.15) is 5.69 Å². The number of hydrogen-bond acceptors (Lipinski definition) is 6. The first-order valence-electron chi connectivity index (χ1n) is 11.9. The Morgan fingerprint density at radius 3 is 2.06 bits per heavy atom. The van der Waals surface area contributed by atoms with Crippen molar-refractivity contribution in [3.8, 4) is 0 Å². The van der Waals surface area contributed by atoms with Gasteiger partial charge in [-0.15, -0.1) is 0 Å². The van der Waals surface area contributed by atoms with Crippen molar-refractivity contribution in [1.29, 1.82) is 0 Å². The van der Waals surface area contributed by atoms with Crippen LogP contribution in [0, 0.1) is 10.1 Å². The fraction of sp³-hybridized carbons (Fsp3) is 0.296. The molecule has 0 atom stereocenters. The Bertz CT molecular complexity index is 1090. The SMILES string of the molecule is CNCCNC(=O)c1ccc(N2CCN(C(c3ccccc3)c3ccccc3)CC2)c([N+](=O)[O-])c1. The third kappa shape index (κ3) is 5.85. The zero-order valence-electron chi connectivity index (χ0n) is 19.9. The second-order valence-electron chi connectivity index (χ2n) is 8.57. The molecule has 3 aromatic carbocycles. The third-order valence-electron chi connectivity index (χ3n) is 6.35. The average molecular weight is 474 g/mol. The molecule has 1 fully saturated rings. The molecule has 3 aromatic rings. The van der Waals surface area contributed by atoms with Gasteiger partial charge >= 0.3 is 0 Å². The van der Waals surface area contributed by atoms with E-state index in [1.807, 2.05) is 17.0 Å². The average Bonchev–Trinajstić information content (AvgIpc) is 2.90. The molecule has 1 aliphatic heterocycles. The monoisotopic (exact) mass is 473 g/mol. The number of likely N-dealkylation sites (N-methyl/N-ethyl adjacent to an activating group) is 1. The van der Waals surface area contributed by atoms with Crippen LogP contribution in [0.2, 0.25) is 0 Å². The smallest absolute Gasteiger partial charge is 0.293 e. The number of carbonyl (C=O) groups is 1. The predicted molar refractivity (Wildman–Crippen MR) is 138 cm³/mol. The van der Waals surface area contributed by atoms with E-state index in [9.17, 15) is 14.9 Å². The molecule has 0 aliphatic carbocycles. The maximum absolute atomic E-state index is 12.4. The number of nitrogens with one attached hydrogen (secondary N) is 2. The van der Waals surface area contributed by atoms with Crippen LogP contribution in [0.1, 0.15) is 27.5 Å². The van der Waals surface area contributed by atoms with Crippen molar-refractivity contribution in [2.45, 2.75) is 6.04 Å². The summed E-state index contributed by atoms with van der Waals surface area (Å²) in [4.78, 5) is 28.3. The Labute approximate surface area is 205 Å². The standard InChI is InChI=1S/C27H31N5O3/c1-28-14-15-29-27(33)23-12-13-24(25(20-23)32(34)35)30-16-18-31(19-17-30)26(21-8-4-2-5-9-21)22-10-6-3-7-11-22/h2-13,20,26,28H,14-19H2,1H3,(H,29,33). The number of rotatable bonds is 9. The summed E-state index contributed by atoms with van der Waals surface area (Å²) in [5.74, 6) is -0.312. The maximum Gasteiger partial charge on any atom is 0.293 e. The molecule has 35 heavy (non-hydrogen) atoms. The molecule has 8 nitrogen and oxygen atoms in total. The maximum atomic E-state index is 12.4. The van der Waals surface area contributed by atoms with Crippen molar-refractivity contribution in [1.82, 2.24) is 15.5 Å². The number of benzene rings is 3. The zero-order valence-corrected chi connectivity index (χ0v) is 19.9. The third-order valence-corrected chi connectivity index (χ3v) is 6.35. The molecule has 0 aromatic heterocycles. The van der Waals surface area contributed by atoms with Gasteiger partial charge in [-0.25, -0.2) is 0 Å². The van der Waals surface area contributed by atoms with Gasteiger partial charge < -0.3 is 15.5 Å². The normalized spacial score (nSPS) is 14.2. The Hall–Kier alpha value is -3.75. The van der Waals surface area contributed by atoms with Gasteiger partial charge in [0.05, 0.1) is 11.0 Å². The lowest BCUT2D eigenvalue weighted by atomic mass is 9.96. The van der Waals surface area contributed by atoms with Crippen LogP contribution in [-0.4, -0.2) is 62.0 Å². The van der Waals surface area contributed by atoms with Crippen LogP contribution in [0.4, 0.5) is 11.4 Å². The van der Waals surface area contributed by atoms with Crippen molar-refractivity contribution < 1.29 is 9.72 Å². The lowest BCUT2D eigenvalue weighted by Crippen LogP contribution is -2.48. The van der Waals surface area contributed by atoms with E-state index in [4.69, 9.17) is 0 Å². The highest BCUT2D eigenvalue weighted by molar-refractivity contribution is 5.95. The van der Waals surface area contributed by atoms with Gasteiger partial charge in [-0.05, 0) is 30.3 Å². The largest absolute Gasteiger partial charge is 0.363 e. The van der Waals surface area contributed by atoms with Crippen LogP contribution in [0.25, 0.3) is 0 Å². The van der Waals surface area contributed by atoms with Gasteiger partial charge in [0.2, 0.25) is 0 Å². The lowest BCUT2D eigenvalue weighted by molar-refractivity contribution is -0.384. The minimum atomic E-state index is -0.400. The van der Waals surface area contributed by atoms with E-state index in [0.29, 0.717) is 37.4 Å². The Morgan fingerprint density at radius 2 is 1.51 bits per heavy atom. The summed E-state index contributed by atoms with van der Waals surface area (Å²) in [7, 11) is 1.80. The van der Waals surface area contributed by atoms with E-state index in [1.54, 1.807) is 19.2 Å². The number of nitrogens with zero attached hydrogens (tertiary/aromatic N) is 3. The van der Waals surface area contributed by atoms with Gasteiger partial charge in [-0.3, -0.25) is 19.8 Å². The Kier molecular flexibility index (Phi) is 8.07. The first-order valence-corrected chi connectivity index (χ1v) is 11.9. The second kappa shape index (κ2) is 11.6. The number of carbonyl (C=O) groups excluding carboxylic acids is 1. The highest BCUT2D eigenvalue weighted by Gasteiger charge is 2.29. The molecule has 0 spiro atoms. The molecule has 0 unspecified atom stereocenters. The molecule has 182 valence electrons. The molecule has 8 heteroatoms. The number of hydrogen-bond donors (Lipinski definition) is 2.